The summed E-state index contributed by atoms with van der Waals surface area (Å²) >= 11 is 0. The molecule has 188 valence electrons. The molecule has 2 aromatic carbocycles. The highest BCUT2D eigenvalue weighted by molar-refractivity contribution is 6.11. The molecule has 3 aliphatic rings. The number of hydrogen-bond donors (Lipinski definition) is 0. The van der Waals surface area contributed by atoms with Crippen molar-refractivity contribution in [2.75, 3.05) is 23.0 Å². The second-order valence-electron chi connectivity index (χ2n) is 9.61. The van der Waals surface area contributed by atoms with Gasteiger partial charge in [-0.05, 0) is 55.2 Å². The van der Waals surface area contributed by atoms with Gasteiger partial charge in [-0.15, -0.1) is 0 Å². The summed E-state index contributed by atoms with van der Waals surface area (Å²) in [6.45, 7) is -0.238. The van der Waals surface area contributed by atoms with Gasteiger partial charge >= 0.3 is 0 Å². The van der Waals surface area contributed by atoms with Gasteiger partial charge in [-0.1, -0.05) is 49.6 Å². The van der Waals surface area contributed by atoms with Crippen LogP contribution in [0.3, 0.4) is 0 Å². The third-order valence-corrected chi connectivity index (χ3v) is 7.14. The minimum atomic E-state index is -0.910. The zero-order chi connectivity index (χ0) is 25.1. The fourth-order valence-corrected chi connectivity index (χ4v) is 5.50. The number of hydrogen-bond acceptors (Lipinski definition) is 3. The summed E-state index contributed by atoms with van der Waals surface area (Å²) in [6.07, 6.45) is 9.40. The zero-order valence-electron chi connectivity index (χ0n) is 20.2. The first-order valence-corrected chi connectivity index (χ1v) is 12.7. The molecule has 1 aliphatic heterocycles. The molecule has 5 rings (SSSR count). The SMILES string of the molecule is O=C1C(N(C(=O)COCC2=CCCC(F)=C2)c2cccc(F)c2)c2ccccc2N1C1CCCCC1. The second kappa shape index (κ2) is 10.7. The van der Waals surface area contributed by atoms with Crippen LogP contribution < -0.4 is 9.80 Å². The van der Waals surface area contributed by atoms with Crippen LogP contribution in [0.2, 0.25) is 0 Å². The predicted molar refractivity (Wildman–Crippen MR) is 135 cm³/mol. The molecule has 0 spiro atoms. The molecular weight excluding hydrogens is 462 g/mol. The highest BCUT2D eigenvalue weighted by atomic mass is 19.1. The van der Waals surface area contributed by atoms with Crippen LogP contribution in [0, 0.1) is 5.82 Å². The molecule has 0 bridgehead atoms. The Balaban J connectivity index is 1.44. The lowest BCUT2D eigenvalue weighted by molar-refractivity contribution is -0.127. The van der Waals surface area contributed by atoms with Crippen molar-refractivity contribution < 1.29 is 23.1 Å². The van der Waals surface area contributed by atoms with Crippen LogP contribution in [0.5, 0.6) is 0 Å². The summed E-state index contributed by atoms with van der Waals surface area (Å²) in [4.78, 5) is 30.8. The van der Waals surface area contributed by atoms with E-state index in [1.165, 1.54) is 29.2 Å². The van der Waals surface area contributed by atoms with Crippen molar-refractivity contribution in [1.82, 2.24) is 0 Å². The normalized spacial score (nSPS) is 20.1. The standard InChI is InChI=1S/C29H30F2N2O3/c30-21-9-6-8-20(16-21)18-36-19-27(34)33(24-13-7-10-22(31)17-24)28-25-14-4-5-15-26(25)32(29(28)35)23-11-2-1-3-12-23/h4-5,7-8,10,13-17,23,28H,1-3,6,9,11-12,18-19H2. The van der Waals surface area contributed by atoms with Gasteiger partial charge in [0.25, 0.3) is 11.8 Å². The van der Waals surface area contributed by atoms with Crippen LogP contribution in [-0.4, -0.2) is 31.1 Å². The fourth-order valence-electron chi connectivity index (χ4n) is 5.50. The first-order valence-electron chi connectivity index (χ1n) is 12.7. The summed E-state index contributed by atoms with van der Waals surface area (Å²) in [5, 5.41) is 0. The monoisotopic (exact) mass is 492 g/mol. The first kappa shape index (κ1) is 24.4. The van der Waals surface area contributed by atoms with E-state index in [9.17, 15) is 18.4 Å². The molecule has 0 N–H and O–H groups in total. The molecular formula is C29H30F2N2O3. The minimum absolute atomic E-state index is 0.0815. The van der Waals surface area contributed by atoms with E-state index in [1.54, 1.807) is 6.07 Å². The van der Waals surface area contributed by atoms with Crippen molar-refractivity contribution in [1.29, 1.82) is 0 Å². The van der Waals surface area contributed by atoms with Crippen molar-refractivity contribution in [2.24, 2.45) is 0 Å². The fraction of sp³-hybridized carbons (Fsp3) is 0.379. The summed E-state index contributed by atoms with van der Waals surface area (Å²) in [5.74, 6) is -1.34. The van der Waals surface area contributed by atoms with Gasteiger partial charge in [-0.25, -0.2) is 8.78 Å². The van der Waals surface area contributed by atoms with Gasteiger partial charge < -0.3 is 9.64 Å². The van der Waals surface area contributed by atoms with Gasteiger partial charge in [0.05, 0.1) is 6.61 Å². The lowest BCUT2D eigenvalue weighted by Crippen LogP contribution is -2.46. The third kappa shape index (κ3) is 4.98. The maximum atomic E-state index is 14.3. The van der Waals surface area contributed by atoms with Gasteiger partial charge in [0.15, 0.2) is 0 Å². The van der Waals surface area contributed by atoms with Gasteiger partial charge in [0.1, 0.15) is 24.3 Å². The third-order valence-electron chi connectivity index (χ3n) is 7.14. The number of ether oxygens (including phenoxy) is 1. The number of para-hydroxylation sites is 1. The largest absolute Gasteiger partial charge is 0.367 e. The predicted octanol–water partition coefficient (Wildman–Crippen LogP) is 6.17. The Hall–Kier alpha value is -3.32. The van der Waals surface area contributed by atoms with E-state index in [0.29, 0.717) is 24.1 Å². The smallest absolute Gasteiger partial charge is 0.255 e. The number of carbonyl (C=O) groups excluding carboxylic acids is 2. The number of rotatable bonds is 7. The number of amides is 2. The highest BCUT2D eigenvalue weighted by Crippen LogP contribution is 2.44. The van der Waals surface area contributed by atoms with Crippen molar-refractivity contribution >= 4 is 23.2 Å². The van der Waals surface area contributed by atoms with E-state index in [0.717, 1.165) is 43.4 Å². The van der Waals surface area contributed by atoms with Crippen LogP contribution in [0.25, 0.3) is 0 Å². The molecule has 2 amide bonds. The molecule has 0 radical (unpaired) electrons. The van der Waals surface area contributed by atoms with E-state index in [4.69, 9.17) is 4.74 Å². The van der Waals surface area contributed by atoms with Crippen molar-refractivity contribution in [3.8, 4) is 0 Å². The highest BCUT2D eigenvalue weighted by Gasteiger charge is 2.45. The van der Waals surface area contributed by atoms with Crippen molar-refractivity contribution in [3.63, 3.8) is 0 Å². The molecule has 7 heteroatoms. The maximum absolute atomic E-state index is 14.3. The Morgan fingerprint density at radius 2 is 1.86 bits per heavy atom. The molecule has 1 heterocycles. The maximum Gasteiger partial charge on any atom is 0.255 e. The Morgan fingerprint density at radius 1 is 1.06 bits per heavy atom. The van der Waals surface area contributed by atoms with Gasteiger partial charge in [0, 0.05) is 29.4 Å². The lowest BCUT2D eigenvalue weighted by atomic mass is 9.94. The Bertz CT molecular complexity index is 1200. The summed E-state index contributed by atoms with van der Waals surface area (Å²) in [5.41, 5.74) is 2.51. The van der Waals surface area contributed by atoms with Crippen LogP contribution in [-0.2, 0) is 14.3 Å². The second-order valence-corrected chi connectivity index (χ2v) is 9.61. The van der Waals surface area contributed by atoms with Crippen LogP contribution >= 0.6 is 0 Å². The number of anilines is 2. The summed E-state index contributed by atoms with van der Waals surface area (Å²) in [7, 11) is 0. The van der Waals surface area contributed by atoms with Gasteiger partial charge in [-0.2, -0.15) is 0 Å². The van der Waals surface area contributed by atoms with E-state index >= 15 is 0 Å². The molecule has 1 atom stereocenters. The van der Waals surface area contributed by atoms with Gasteiger partial charge in [0.2, 0.25) is 0 Å². The van der Waals surface area contributed by atoms with Crippen LogP contribution in [0.1, 0.15) is 56.6 Å². The number of allylic oxidation sites excluding steroid dienone is 2. The average molecular weight is 493 g/mol. The van der Waals surface area contributed by atoms with E-state index in [2.05, 4.69) is 0 Å². The molecule has 1 unspecified atom stereocenters. The molecule has 2 aromatic rings. The van der Waals surface area contributed by atoms with Crippen molar-refractivity contribution in [3.05, 3.63) is 83.5 Å². The molecule has 2 aliphatic carbocycles. The van der Waals surface area contributed by atoms with Crippen LogP contribution in [0.4, 0.5) is 20.2 Å². The number of carbonyl (C=O) groups is 2. The summed E-state index contributed by atoms with van der Waals surface area (Å²) < 4.78 is 33.5. The topological polar surface area (TPSA) is 49.9 Å². The number of fused-ring (bicyclic) bond motifs is 1. The number of benzene rings is 2. The average Bonchev–Trinajstić information content (AvgIpc) is 3.17. The Morgan fingerprint density at radius 3 is 2.64 bits per heavy atom. The molecule has 5 nitrogen and oxygen atoms in total. The molecule has 0 saturated heterocycles. The lowest BCUT2D eigenvalue weighted by Gasteiger charge is -2.33. The van der Waals surface area contributed by atoms with Crippen LogP contribution in [0.15, 0.2) is 72.1 Å². The molecule has 36 heavy (non-hydrogen) atoms. The Labute approximate surface area is 210 Å². The molecule has 1 saturated carbocycles. The van der Waals surface area contributed by atoms with E-state index in [1.807, 2.05) is 35.2 Å². The number of nitrogens with zero attached hydrogens (tertiary/aromatic N) is 2. The number of halogens is 2. The van der Waals surface area contributed by atoms with E-state index in [-0.39, 0.29) is 31.0 Å². The van der Waals surface area contributed by atoms with E-state index < -0.39 is 17.8 Å². The zero-order valence-corrected chi connectivity index (χ0v) is 20.2. The Kier molecular flexibility index (Phi) is 7.28. The van der Waals surface area contributed by atoms with Gasteiger partial charge in [-0.3, -0.25) is 14.5 Å². The van der Waals surface area contributed by atoms with Crippen molar-refractivity contribution in [2.45, 2.75) is 57.0 Å². The minimum Gasteiger partial charge on any atom is -0.367 e. The quantitative estimate of drug-likeness (QED) is 0.465. The summed E-state index contributed by atoms with van der Waals surface area (Å²) in [6, 6.07) is 12.4. The first-order chi connectivity index (χ1) is 17.5. The molecule has 1 fully saturated rings. The molecule has 0 aromatic heterocycles.